The van der Waals surface area contributed by atoms with Crippen molar-refractivity contribution in [1.29, 1.82) is 0 Å². The Labute approximate surface area is 77.7 Å². The van der Waals surface area contributed by atoms with Crippen LogP contribution in [0.3, 0.4) is 0 Å². The third kappa shape index (κ3) is 1.22. The first-order chi connectivity index (χ1) is 6.83. The van der Waals surface area contributed by atoms with Gasteiger partial charge in [0.05, 0.1) is 12.0 Å². The summed E-state index contributed by atoms with van der Waals surface area (Å²) in [6.45, 7) is 0. The summed E-state index contributed by atoms with van der Waals surface area (Å²) in [5.41, 5.74) is 0.523. The Kier molecular flexibility index (Phi) is 1.94. The summed E-state index contributed by atoms with van der Waals surface area (Å²) < 4.78 is 0. The van der Waals surface area contributed by atoms with Gasteiger partial charge in [-0.25, -0.2) is 4.98 Å². The quantitative estimate of drug-likeness (QED) is 0.509. The lowest BCUT2D eigenvalue weighted by molar-refractivity contribution is -0.104. The van der Waals surface area contributed by atoms with Gasteiger partial charge in [-0.2, -0.15) is 5.10 Å². The number of allylic oxidation sites excluding steroid dienone is 1. The van der Waals surface area contributed by atoms with Crippen LogP contribution in [-0.4, -0.2) is 26.5 Å². The molecule has 14 heavy (non-hydrogen) atoms. The van der Waals surface area contributed by atoms with Gasteiger partial charge in [0.2, 0.25) is 0 Å². The summed E-state index contributed by atoms with van der Waals surface area (Å²) in [6.07, 6.45) is 4.65. The second-order valence-corrected chi connectivity index (χ2v) is 2.56. The molecular formula is C8H6N4O2. The van der Waals surface area contributed by atoms with Crippen molar-refractivity contribution >= 4 is 23.4 Å². The zero-order valence-electron chi connectivity index (χ0n) is 7.02. The van der Waals surface area contributed by atoms with Crippen LogP contribution in [0.4, 0.5) is 0 Å². The first-order valence-corrected chi connectivity index (χ1v) is 3.86. The fraction of sp³-hybridized carbons (Fsp3) is 0. The number of hydrogen-bond acceptors (Lipinski definition) is 4. The molecule has 2 aromatic rings. The maximum atomic E-state index is 11.3. The van der Waals surface area contributed by atoms with Crippen molar-refractivity contribution in [3.63, 3.8) is 0 Å². The van der Waals surface area contributed by atoms with Crippen molar-refractivity contribution in [3.05, 3.63) is 28.5 Å². The van der Waals surface area contributed by atoms with E-state index in [2.05, 4.69) is 20.2 Å². The Hall–Kier alpha value is -2.24. The summed E-state index contributed by atoms with van der Waals surface area (Å²) in [6, 6.07) is 0. The van der Waals surface area contributed by atoms with E-state index in [1.165, 1.54) is 18.5 Å². The number of nitrogens with one attached hydrogen (secondary N) is 2. The van der Waals surface area contributed by atoms with Crippen molar-refractivity contribution in [3.8, 4) is 0 Å². The van der Waals surface area contributed by atoms with E-state index in [-0.39, 0.29) is 5.56 Å². The highest BCUT2D eigenvalue weighted by atomic mass is 16.1. The molecule has 0 aliphatic rings. The van der Waals surface area contributed by atoms with Gasteiger partial charge in [-0.1, -0.05) is 0 Å². The Morgan fingerprint density at radius 3 is 3.07 bits per heavy atom. The van der Waals surface area contributed by atoms with Crippen LogP contribution in [0.25, 0.3) is 17.1 Å². The molecule has 0 aromatic carbocycles. The maximum Gasteiger partial charge on any atom is 0.262 e. The van der Waals surface area contributed by atoms with Crippen LogP contribution in [0.15, 0.2) is 17.2 Å². The minimum Gasteiger partial charge on any atom is -0.312 e. The highest BCUT2D eigenvalue weighted by Gasteiger charge is 2.06. The highest BCUT2D eigenvalue weighted by molar-refractivity contribution is 5.85. The number of carbonyl (C=O) groups excluding carboxylic acids is 1. The zero-order chi connectivity index (χ0) is 9.97. The predicted octanol–water partition coefficient (Wildman–Crippen LogP) is -0.142. The molecule has 2 heterocycles. The standard InChI is InChI=1S/C8H6N4O2/c13-3-1-2-5-6-7(12-11-5)9-4-10-8(6)14/h1-4H,(H2,9,10,11,12,14). The minimum absolute atomic E-state index is 0.283. The molecule has 6 nitrogen and oxygen atoms in total. The third-order valence-electron chi connectivity index (χ3n) is 1.73. The van der Waals surface area contributed by atoms with Gasteiger partial charge in [0.1, 0.15) is 11.7 Å². The largest absolute Gasteiger partial charge is 0.312 e. The van der Waals surface area contributed by atoms with Crippen molar-refractivity contribution in [2.45, 2.75) is 0 Å². The van der Waals surface area contributed by atoms with Crippen molar-refractivity contribution in [2.75, 3.05) is 0 Å². The number of rotatable bonds is 2. The molecule has 0 saturated carbocycles. The average Bonchev–Trinajstić information content (AvgIpc) is 2.59. The number of aromatic amines is 2. The number of aromatic nitrogens is 4. The van der Waals surface area contributed by atoms with Crippen LogP contribution in [0, 0.1) is 0 Å². The molecule has 0 aliphatic carbocycles. The van der Waals surface area contributed by atoms with E-state index in [9.17, 15) is 9.59 Å². The normalized spacial score (nSPS) is 11.1. The van der Waals surface area contributed by atoms with Crippen molar-refractivity contribution in [1.82, 2.24) is 20.2 Å². The molecule has 2 aromatic heterocycles. The first-order valence-electron chi connectivity index (χ1n) is 3.86. The van der Waals surface area contributed by atoms with E-state index in [0.29, 0.717) is 23.0 Å². The minimum atomic E-state index is -0.283. The molecule has 6 heteroatoms. The van der Waals surface area contributed by atoms with Crippen molar-refractivity contribution in [2.24, 2.45) is 0 Å². The zero-order valence-corrected chi connectivity index (χ0v) is 7.02. The van der Waals surface area contributed by atoms with Gasteiger partial charge in [-0.3, -0.25) is 14.7 Å². The number of nitrogens with zero attached hydrogens (tertiary/aromatic N) is 2. The Bertz CT molecular complexity index is 552. The van der Waals surface area contributed by atoms with Crippen molar-refractivity contribution < 1.29 is 4.79 Å². The van der Waals surface area contributed by atoms with Gasteiger partial charge in [0, 0.05) is 0 Å². The SMILES string of the molecule is O=CC=Cc1[nH]nc2nc[nH]c(=O)c12. The molecule has 0 bridgehead atoms. The third-order valence-corrected chi connectivity index (χ3v) is 1.73. The molecule has 70 valence electrons. The number of hydrogen-bond donors (Lipinski definition) is 2. The van der Waals surface area contributed by atoms with E-state index in [4.69, 9.17) is 0 Å². The second-order valence-electron chi connectivity index (χ2n) is 2.56. The van der Waals surface area contributed by atoms with E-state index < -0.39 is 0 Å². The topological polar surface area (TPSA) is 91.5 Å². The molecule has 2 rings (SSSR count). The molecular weight excluding hydrogens is 184 g/mol. The first kappa shape index (κ1) is 8.36. The number of carbonyl (C=O) groups is 1. The molecule has 0 unspecified atom stereocenters. The fourth-order valence-corrected chi connectivity index (χ4v) is 1.14. The molecule has 2 N–H and O–H groups in total. The Morgan fingerprint density at radius 2 is 2.29 bits per heavy atom. The highest BCUT2D eigenvalue weighted by Crippen LogP contribution is 2.08. The molecule has 0 fully saturated rings. The van der Waals surface area contributed by atoms with E-state index in [0.717, 1.165) is 0 Å². The van der Waals surface area contributed by atoms with Gasteiger partial charge in [0.15, 0.2) is 5.65 Å². The molecule has 0 amide bonds. The summed E-state index contributed by atoms with van der Waals surface area (Å²) in [5, 5.41) is 6.77. The van der Waals surface area contributed by atoms with Gasteiger partial charge in [0.25, 0.3) is 5.56 Å². The maximum absolute atomic E-state index is 11.3. The average molecular weight is 190 g/mol. The second kappa shape index (κ2) is 3.25. The molecule has 0 radical (unpaired) electrons. The van der Waals surface area contributed by atoms with Gasteiger partial charge < -0.3 is 4.98 Å². The fourth-order valence-electron chi connectivity index (χ4n) is 1.14. The Morgan fingerprint density at radius 1 is 1.43 bits per heavy atom. The van der Waals surface area contributed by atoms with E-state index in [1.807, 2.05) is 0 Å². The summed E-state index contributed by atoms with van der Waals surface area (Å²) in [5.74, 6) is 0. The van der Waals surface area contributed by atoms with Crippen LogP contribution in [0.5, 0.6) is 0 Å². The van der Waals surface area contributed by atoms with Crippen LogP contribution in [-0.2, 0) is 4.79 Å². The van der Waals surface area contributed by atoms with Crippen LogP contribution < -0.4 is 5.56 Å². The van der Waals surface area contributed by atoms with Crippen LogP contribution >= 0.6 is 0 Å². The smallest absolute Gasteiger partial charge is 0.262 e. The molecule has 0 atom stereocenters. The van der Waals surface area contributed by atoms with Gasteiger partial charge in [-0.15, -0.1) is 0 Å². The Balaban J connectivity index is 2.73. The van der Waals surface area contributed by atoms with Gasteiger partial charge >= 0.3 is 0 Å². The van der Waals surface area contributed by atoms with Crippen LogP contribution in [0.1, 0.15) is 5.69 Å². The molecule has 0 aliphatic heterocycles. The van der Waals surface area contributed by atoms with Gasteiger partial charge in [-0.05, 0) is 12.2 Å². The lowest BCUT2D eigenvalue weighted by Gasteiger charge is -1.86. The molecule has 0 saturated heterocycles. The monoisotopic (exact) mass is 190 g/mol. The number of aldehydes is 1. The van der Waals surface area contributed by atoms with E-state index >= 15 is 0 Å². The lowest BCUT2D eigenvalue weighted by Crippen LogP contribution is -2.05. The van der Waals surface area contributed by atoms with Crippen LogP contribution in [0.2, 0.25) is 0 Å². The summed E-state index contributed by atoms with van der Waals surface area (Å²) in [4.78, 5) is 27.7. The predicted molar refractivity (Wildman–Crippen MR) is 49.6 cm³/mol. The van der Waals surface area contributed by atoms with E-state index in [1.54, 1.807) is 0 Å². The lowest BCUT2D eigenvalue weighted by atomic mass is 10.3. The molecule has 0 spiro atoms. The number of H-pyrrole nitrogens is 2. The number of fused-ring (bicyclic) bond motifs is 1. The summed E-state index contributed by atoms with van der Waals surface area (Å²) in [7, 11) is 0. The summed E-state index contributed by atoms with van der Waals surface area (Å²) >= 11 is 0.